The van der Waals surface area contributed by atoms with Gasteiger partial charge in [0, 0.05) is 18.5 Å². The Bertz CT molecular complexity index is 345. The van der Waals surface area contributed by atoms with E-state index in [-0.39, 0.29) is 17.3 Å². The molecule has 0 bridgehead atoms. The van der Waals surface area contributed by atoms with E-state index in [1.807, 2.05) is 20.8 Å². The van der Waals surface area contributed by atoms with Gasteiger partial charge in [-0.1, -0.05) is 20.8 Å². The largest absolute Gasteiger partial charge is 0.465 e. The molecule has 1 saturated heterocycles. The summed E-state index contributed by atoms with van der Waals surface area (Å²) in [5.41, 5.74) is -0.765. The minimum absolute atomic E-state index is 0.160. The predicted octanol–water partition coefficient (Wildman–Crippen LogP) is 2.92. The number of halogens is 1. The first-order valence-electron chi connectivity index (χ1n) is 5.72. The van der Waals surface area contributed by atoms with Crippen LogP contribution in [0.1, 0.15) is 33.6 Å². The van der Waals surface area contributed by atoms with Gasteiger partial charge in [0.15, 0.2) is 0 Å². The minimum atomic E-state index is -0.911. The summed E-state index contributed by atoms with van der Waals surface area (Å²) in [5.74, 6) is 0.267. The summed E-state index contributed by atoms with van der Waals surface area (Å²) in [4.78, 5) is 12.7. The number of nitriles is 1. The zero-order chi connectivity index (χ0) is 13.3. The van der Waals surface area contributed by atoms with Crippen molar-refractivity contribution in [3.05, 3.63) is 0 Å². The molecule has 0 spiro atoms. The van der Waals surface area contributed by atoms with Gasteiger partial charge in [0.1, 0.15) is 0 Å². The summed E-state index contributed by atoms with van der Waals surface area (Å²) >= 11 is 5.89. The fourth-order valence-corrected chi connectivity index (χ4v) is 2.63. The molecular weight excluding hydrogens is 240 g/mol. The highest BCUT2D eigenvalue weighted by atomic mass is 35.5. The van der Waals surface area contributed by atoms with E-state index in [0.717, 1.165) is 0 Å². The molecule has 5 heteroatoms. The molecule has 1 rings (SSSR count). The van der Waals surface area contributed by atoms with Gasteiger partial charge in [-0.25, -0.2) is 4.79 Å². The van der Waals surface area contributed by atoms with E-state index < -0.39 is 11.5 Å². The molecule has 1 aliphatic heterocycles. The van der Waals surface area contributed by atoms with Gasteiger partial charge in [-0.15, -0.1) is 11.6 Å². The van der Waals surface area contributed by atoms with Gasteiger partial charge in [0.25, 0.3) is 0 Å². The third-order valence-electron chi connectivity index (χ3n) is 3.53. The first-order chi connectivity index (χ1) is 7.75. The van der Waals surface area contributed by atoms with Crippen molar-refractivity contribution in [2.75, 3.05) is 12.4 Å². The van der Waals surface area contributed by atoms with Crippen molar-refractivity contribution < 1.29 is 9.90 Å². The Morgan fingerprint density at radius 3 is 2.59 bits per heavy atom. The van der Waals surface area contributed by atoms with Gasteiger partial charge in [-0.2, -0.15) is 5.26 Å². The van der Waals surface area contributed by atoms with Gasteiger partial charge >= 0.3 is 6.09 Å². The second kappa shape index (κ2) is 4.73. The normalized spacial score (nSPS) is 29.8. The number of hydrogen-bond donors (Lipinski definition) is 1. The van der Waals surface area contributed by atoms with Crippen molar-refractivity contribution in [2.45, 2.75) is 39.7 Å². The van der Waals surface area contributed by atoms with Crippen LogP contribution in [0.5, 0.6) is 0 Å². The van der Waals surface area contributed by atoms with Crippen LogP contribution in [0, 0.1) is 22.2 Å². The van der Waals surface area contributed by atoms with Gasteiger partial charge in [-0.05, 0) is 18.3 Å². The highest BCUT2D eigenvalue weighted by Crippen LogP contribution is 2.41. The predicted molar refractivity (Wildman–Crippen MR) is 66.0 cm³/mol. The fraction of sp³-hybridized carbons (Fsp3) is 0.833. The lowest BCUT2D eigenvalue weighted by Gasteiger charge is -2.47. The maximum absolute atomic E-state index is 11.2. The van der Waals surface area contributed by atoms with Crippen molar-refractivity contribution >= 4 is 17.7 Å². The molecule has 96 valence electrons. The Labute approximate surface area is 107 Å². The number of hydrogen-bond acceptors (Lipinski definition) is 2. The Morgan fingerprint density at radius 1 is 1.65 bits per heavy atom. The molecule has 0 aliphatic carbocycles. The van der Waals surface area contributed by atoms with E-state index in [4.69, 9.17) is 11.6 Å². The minimum Gasteiger partial charge on any atom is -0.465 e. The Balaban J connectivity index is 3.00. The third-order valence-corrected chi connectivity index (χ3v) is 4.04. The van der Waals surface area contributed by atoms with Crippen LogP contribution in [0.2, 0.25) is 0 Å². The topological polar surface area (TPSA) is 64.3 Å². The van der Waals surface area contributed by atoms with E-state index in [1.54, 1.807) is 0 Å². The molecule has 2 atom stereocenters. The SMILES string of the molecule is CC(C)(C)C1CC(C#N)(CCl)CCN1C(=O)O. The average molecular weight is 259 g/mol. The zero-order valence-corrected chi connectivity index (χ0v) is 11.3. The molecule has 2 unspecified atom stereocenters. The number of carbonyl (C=O) groups is 1. The van der Waals surface area contributed by atoms with E-state index in [1.165, 1.54) is 4.90 Å². The van der Waals surface area contributed by atoms with Crippen LogP contribution in [0.3, 0.4) is 0 Å². The Kier molecular flexibility index (Phi) is 3.93. The van der Waals surface area contributed by atoms with E-state index in [2.05, 4.69) is 6.07 Å². The number of likely N-dealkylation sites (tertiary alicyclic amines) is 1. The van der Waals surface area contributed by atoms with Crippen LogP contribution >= 0.6 is 11.6 Å². The molecule has 1 fully saturated rings. The molecule has 0 aromatic heterocycles. The van der Waals surface area contributed by atoms with Crippen LogP contribution in [0.25, 0.3) is 0 Å². The smallest absolute Gasteiger partial charge is 0.407 e. The molecule has 0 saturated carbocycles. The van der Waals surface area contributed by atoms with Crippen molar-refractivity contribution in [3.8, 4) is 6.07 Å². The molecule has 1 heterocycles. The number of piperidine rings is 1. The lowest BCUT2D eigenvalue weighted by molar-refractivity contribution is 0.0288. The lowest BCUT2D eigenvalue weighted by atomic mass is 9.70. The molecule has 1 amide bonds. The van der Waals surface area contributed by atoms with Crippen molar-refractivity contribution in [1.82, 2.24) is 4.90 Å². The zero-order valence-electron chi connectivity index (χ0n) is 10.5. The molecule has 1 N–H and O–H groups in total. The monoisotopic (exact) mass is 258 g/mol. The summed E-state index contributed by atoms with van der Waals surface area (Å²) in [7, 11) is 0. The van der Waals surface area contributed by atoms with E-state index in [9.17, 15) is 15.2 Å². The second-order valence-electron chi connectivity index (χ2n) is 5.84. The number of nitrogens with zero attached hydrogens (tertiary/aromatic N) is 2. The maximum Gasteiger partial charge on any atom is 0.407 e. The average Bonchev–Trinajstić information content (AvgIpc) is 2.27. The number of rotatable bonds is 1. The van der Waals surface area contributed by atoms with E-state index in [0.29, 0.717) is 19.4 Å². The molecule has 0 aromatic carbocycles. The van der Waals surface area contributed by atoms with Crippen LogP contribution in [0.4, 0.5) is 4.79 Å². The highest BCUT2D eigenvalue weighted by Gasteiger charge is 2.45. The first kappa shape index (κ1) is 14.1. The van der Waals surface area contributed by atoms with Crippen molar-refractivity contribution in [3.63, 3.8) is 0 Å². The first-order valence-corrected chi connectivity index (χ1v) is 6.26. The quantitative estimate of drug-likeness (QED) is 0.736. The molecule has 1 aliphatic rings. The molecule has 0 radical (unpaired) electrons. The Morgan fingerprint density at radius 2 is 2.24 bits per heavy atom. The second-order valence-corrected chi connectivity index (χ2v) is 6.10. The summed E-state index contributed by atoms with van der Waals surface area (Å²) < 4.78 is 0. The third kappa shape index (κ3) is 2.84. The summed E-state index contributed by atoms with van der Waals surface area (Å²) in [5, 5.41) is 18.4. The van der Waals surface area contributed by atoms with Crippen molar-refractivity contribution in [1.29, 1.82) is 5.26 Å². The summed E-state index contributed by atoms with van der Waals surface area (Å²) in [6.45, 7) is 6.37. The standard InChI is InChI=1S/C12H19ClN2O2/c1-11(2,3)9-6-12(7-13,8-14)4-5-15(9)10(16)17/h9H,4-7H2,1-3H3,(H,16,17). The number of carboxylic acid groups (broad SMARTS) is 1. The van der Waals surface area contributed by atoms with Crippen LogP contribution in [-0.4, -0.2) is 34.6 Å². The lowest BCUT2D eigenvalue weighted by Crippen LogP contribution is -2.54. The summed E-state index contributed by atoms with van der Waals surface area (Å²) in [6, 6.07) is 2.12. The Hall–Kier alpha value is -0.950. The molecule has 17 heavy (non-hydrogen) atoms. The van der Waals surface area contributed by atoms with Gasteiger partial charge < -0.3 is 10.0 Å². The molecular formula is C12H19ClN2O2. The highest BCUT2D eigenvalue weighted by molar-refractivity contribution is 6.18. The molecule has 4 nitrogen and oxygen atoms in total. The van der Waals surface area contributed by atoms with Crippen LogP contribution in [-0.2, 0) is 0 Å². The van der Waals surface area contributed by atoms with Gasteiger partial charge in [0.2, 0.25) is 0 Å². The molecule has 0 aromatic rings. The number of amides is 1. The van der Waals surface area contributed by atoms with E-state index >= 15 is 0 Å². The summed E-state index contributed by atoms with van der Waals surface area (Å²) in [6.07, 6.45) is 0.125. The number of alkyl halides is 1. The van der Waals surface area contributed by atoms with Gasteiger partial charge in [0.05, 0.1) is 11.5 Å². The van der Waals surface area contributed by atoms with Crippen LogP contribution < -0.4 is 0 Å². The maximum atomic E-state index is 11.2. The van der Waals surface area contributed by atoms with Gasteiger partial charge in [-0.3, -0.25) is 0 Å². The fourth-order valence-electron chi connectivity index (χ4n) is 2.33. The van der Waals surface area contributed by atoms with Crippen LogP contribution in [0.15, 0.2) is 0 Å². The van der Waals surface area contributed by atoms with Crippen molar-refractivity contribution in [2.24, 2.45) is 10.8 Å².